The number of rotatable bonds is 4. The predicted molar refractivity (Wildman–Crippen MR) is 149 cm³/mol. The van der Waals surface area contributed by atoms with Crippen LogP contribution in [0.25, 0.3) is 0 Å². The van der Waals surface area contributed by atoms with Crippen LogP contribution in [-0.2, 0) is 27.2 Å². The highest BCUT2D eigenvalue weighted by Gasteiger charge is 2.31. The predicted octanol–water partition coefficient (Wildman–Crippen LogP) is 2.71. The number of carbonyl (C=O) groups excluding carboxylic acids is 3. The molecule has 206 valence electrons. The first-order chi connectivity index (χ1) is 18.3. The van der Waals surface area contributed by atoms with E-state index in [1.807, 2.05) is 54.6 Å². The standard InChI is InChI=1S/C30H42N4O4/c1-21(2)19-26-30(37)34(4)22(3)28(35)33-25(20-23-11-6-5-7-12-23)29(36)32-16-10-14-24-13-8-9-15-27(24)38-18-17-31-26/h5-9,11-13,15,21-22,25-26,31H,10,14,16-20H2,1-4H3,(H,32,36)(H,33,35)/t22-,25-,26+/m1/s1. The summed E-state index contributed by atoms with van der Waals surface area (Å²) in [5.74, 6) is 0.333. The third kappa shape index (κ3) is 8.58. The number of para-hydroxylation sites is 1. The van der Waals surface area contributed by atoms with Gasteiger partial charge in [-0.05, 0) is 49.3 Å². The maximum atomic E-state index is 13.4. The smallest absolute Gasteiger partial charge is 0.243 e. The van der Waals surface area contributed by atoms with Crippen molar-refractivity contribution in [1.82, 2.24) is 20.9 Å². The van der Waals surface area contributed by atoms with Crippen molar-refractivity contribution in [2.24, 2.45) is 5.92 Å². The van der Waals surface area contributed by atoms with Crippen LogP contribution in [0.1, 0.15) is 44.7 Å². The van der Waals surface area contributed by atoms with E-state index in [-0.39, 0.29) is 23.6 Å². The molecular formula is C30H42N4O4. The van der Waals surface area contributed by atoms with Crippen LogP contribution in [0.15, 0.2) is 54.6 Å². The molecule has 3 amide bonds. The van der Waals surface area contributed by atoms with Gasteiger partial charge in [0, 0.05) is 26.6 Å². The maximum absolute atomic E-state index is 13.4. The summed E-state index contributed by atoms with van der Waals surface area (Å²) in [7, 11) is 1.64. The molecule has 1 aliphatic heterocycles. The van der Waals surface area contributed by atoms with Crippen molar-refractivity contribution in [2.45, 2.75) is 64.6 Å². The number of fused-ring (bicyclic) bond motifs is 1. The Bertz CT molecular complexity index is 1060. The van der Waals surface area contributed by atoms with E-state index in [2.05, 4.69) is 29.8 Å². The van der Waals surface area contributed by atoms with Crippen molar-refractivity contribution >= 4 is 17.7 Å². The molecular weight excluding hydrogens is 480 g/mol. The van der Waals surface area contributed by atoms with Crippen LogP contribution in [0.3, 0.4) is 0 Å². The lowest BCUT2D eigenvalue weighted by Crippen LogP contribution is -2.56. The Morgan fingerprint density at radius 1 is 0.947 bits per heavy atom. The molecule has 0 spiro atoms. The zero-order valence-corrected chi connectivity index (χ0v) is 23.0. The van der Waals surface area contributed by atoms with Gasteiger partial charge in [-0.25, -0.2) is 0 Å². The summed E-state index contributed by atoms with van der Waals surface area (Å²) in [5.41, 5.74) is 2.01. The first-order valence-electron chi connectivity index (χ1n) is 13.6. The maximum Gasteiger partial charge on any atom is 0.243 e. The van der Waals surface area contributed by atoms with E-state index in [0.29, 0.717) is 32.5 Å². The Balaban J connectivity index is 1.84. The van der Waals surface area contributed by atoms with Gasteiger partial charge in [0.1, 0.15) is 24.4 Å². The molecule has 3 N–H and O–H groups in total. The number of amides is 3. The van der Waals surface area contributed by atoms with E-state index in [1.54, 1.807) is 14.0 Å². The number of ether oxygens (including phenoxy) is 1. The van der Waals surface area contributed by atoms with E-state index in [1.165, 1.54) is 4.90 Å². The Hall–Kier alpha value is -3.39. The molecule has 8 heteroatoms. The van der Waals surface area contributed by atoms with Crippen molar-refractivity contribution in [2.75, 3.05) is 26.7 Å². The fraction of sp³-hybridized carbons (Fsp3) is 0.500. The molecule has 0 saturated carbocycles. The average molecular weight is 523 g/mol. The molecule has 2 aromatic rings. The summed E-state index contributed by atoms with van der Waals surface area (Å²) in [5, 5.41) is 9.23. The summed E-state index contributed by atoms with van der Waals surface area (Å²) in [4.78, 5) is 41.3. The molecule has 8 nitrogen and oxygen atoms in total. The molecule has 3 rings (SSSR count). The van der Waals surface area contributed by atoms with Gasteiger partial charge in [-0.2, -0.15) is 0 Å². The number of likely N-dealkylation sites (N-methyl/N-ethyl adjacent to an activating group) is 1. The number of nitrogens with one attached hydrogen (secondary N) is 3. The first kappa shape index (κ1) is 29.2. The van der Waals surface area contributed by atoms with E-state index in [9.17, 15) is 14.4 Å². The molecule has 3 atom stereocenters. The van der Waals surface area contributed by atoms with Crippen molar-refractivity contribution in [3.8, 4) is 5.75 Å². The van der Waals surface area contributed by atoms with Gasteiger partial charge in [0.15, 0.2) is 0 Å². The SMILES string of the molecule is CC(C)C[C@@H]1NCCOc2ccccc2CCCNC(=O)[C@@H](Cc2ccccc2)NC(=O)[C@@H](C)N(C)C1=O. The monoisotopic (exact) mass is 522 g/mol. The Labute approximate surface area is 226 Å². The molecule has 0 aromatic heterocycles. The quantitative estimate of drug-likeness (QED) is 0.574. The van der Waals surface area contributed by atoms with E-state index in [0.717, 1.165) is 29.7 Å². The van der Waals surface area contributed by atoms with Gasteiger partial charge in [-0.3, -0.25) is 14.4 Å². The average Bonchev–Trinajstić information content (AvgIpc) is 2.91. The van der Waals surface area contributed by atoms with Gasteiger partial charge in [-0.15, -0.1) is 0 Å². The van der Waals surface area contributed by atoms with Crippen LogP contribution in [0.2, 0.25) is 0 Å². The van der Waals surface area contributed by atoms with Crippen molar-refractivity contribution in [3.05, 3.63) is 65.7 Å². The molecule has 2 aromatic carbocycles. The van der Waals surface area contributed by atoms with Gasteiger partial charge in [-0.1, -0.05) is 62.4 Å². The minimum atomic E-state index is -0.755. The minimum Gasteiger partial charge on any atom is -0.492 e. The molecule has 0 saturated heterocycles. The van der Waals surface area contributed by atoms with Crippen molar-refractivity contribution in [3.63, 3.8) is 0 Å². The minimum absolute atomic E-state index is 0.160. The van der Waals surface area contributed by atoms with Crippen LogP contribution in [-0.4, -0.2) is 67.5 Å². The zero-order valence-electron chi connectivity index (χ0n) is 23.0. The second-order valence-electron chi connectivity index (χ2n) is 10.4. The molecule has 1 heterocycles. The highest BCUT2D eigenvalue weighted by atomic mass is 16.5. The van der Waals surface area contributed by atoms with Gasteiger partial charge in [0.05, 0.1) is 6.04 Å². The van der Waals surface area contributed by atoms with E-state index < -0.39 is 18.1 Å². The number of hydrogen-bond donors (Lipinski definition) is 3. The topological polar surface area (TPSA) is 99.8 Å². The van der Waals surface area contributed by atoms with Crippen molar-refractivity contribution < 1.29 is 19.1 Å². The fourth-order valence-corrected chi connectivity index (χ4v) is 4.57. The molecule has 1 aliphatic rings. The summed E-state index contributed by atoms with van der Waals surface area (Å²) in [6.07, 6.45) is 2.47. The van der Waals surface area contributed by atoms with Crippen LogP contribution in [0.5, 0.6) is 5.75 Å². The Morgan fingerprint density at radius 2 is 1.66 bits per heavy atom. The van der Waals surface area contributed by atoms with Crippen LogP contribution in [0, 0.1) is 5.92 Å². The lowest BCUT2D eigenvalue weighted by molar-refractivity contribution is -0.141. The van der Waals surface area contributed by atoms with Crippen LogP contribution < -0.4 is 20.7 Å². The Morgan fingerprint density at radius 3 is 2.39 bits per heavy atom. The van der Waals surface area contributed by atoms with E-state index >= 15 is 0 Å². The summed E-state index contributed by atoms with van der Waals surface area (Å²) < 4.78 is 6.05. The second-order valence-corrected chi connectivity index (χ2v) is 10.4. The summed E-state index contributed by atoms with van der Waals surface area (Å²) in [6.45, 7) is 7.21. The van der Waals surface area contributed by atoms with E-state index in [4.69, 9.17) is 4.74 Å². The fourth-order valence-electron chi connectivity index (χ4n) is 4.57. The molecule has 0 aliphatic carbocycles. The van der Waals surface area contributed by atoms with Gasteiger partial charge < -0.3 is 25.6 Å². The second kappa shape index (κ2) is 14.5. The highest BCUT2D eigenvalue weighted by Crippen LogP contribution is 2.19. The number of hydrogen-bond acceptors (Lipinski definition) is 5. The molecule has 0 radical (unpaired) electrons. The van der Waals surface area contributed by atoms with Gasteiger partial charge in [0.25, 0.3) is 0 Å². The van der Waals surface area contributed by atoms with Gasteiger partial charge in [0.2, 0.25) is 17.7 Å². The third-order valence-corrected chi connectivity index (χ3v) is 6.87. The number of benzene rings is 2. The van der Waals surface area contributed by atoms with Crippen LogP contribution >= 0.6 is 0 Å². The number of aryl methyl sites for hydroxylation is 1. The Kier molecular flexibility index (Phi) is 11.1. The lowest BCUT2D eigenvalue weighted by Gasteiger charge is -2.31. The normalized spacial score (nSPS) is 22.5. The first-order valence-corrected chi connectivity index (χ1v) is 13.6. The zero-order chi connectivity index (χ0) is 27.5. The highest BCUT2D eigenvalue weighted by molar-refractivity contribution is 5.93. The molecule has 0 fully saturated rings. The van der Waals surface area contributed by atoms with Crippen LogP contribution in [0.4, 0.5) is 0 Å². The third-order valence-electron chi connectivity index (χ3n) is 6.87. The lowest BCUT2D eigenvalue weighted by atomic mass is 10.0. The van der Waals surface area contributed by atoms with Crippen molar-refractivity contribution in [1.29, 1.82) is 0 Å². The molecule has 0 bridgehead atoms. The summed E-state index contributed by atoms with van der Waals surface area (Å²) >= 11 is 0. The number of nitrogens with zero attached hydrogens (tertiary/aromatic N) is 1. The number of carbonyl (C=O) groups is 3. The summed E-state index contributed by atoms with van der Waals surface area (Å²) in [6, 6.07) is 15.6. The molecule has 38 heavy (non-hydrogen) atoms. The molecule has 0 unspecified atom stereocenters. The largest absolute Gasteiger partial charge is 0.492 e. The van der Waals surface area contributed by atoms with Gasteiger partial charge >= 0.3 is 0 Å².